The summed E-state index contributed by atoms with van der Waals surface area (Å²) in [4.78, 5) is 60.7. The van der Waals surface area contributed by atoms with E-state index in [4.69, 9.17) is 27.8 Å². The van der Waals surface area contributed by atoms with Gasteiger partial charge in [-0.25, -0.2) is 4.79 Å². The number of ether oxygens (including phenoxy) is 4. The Labute approximate surface area is 437 Å². The van der Waals surface area contributed by atoms with E-state index in [1.54, 1.807) is 21.1 Å². The molecular formula is C57H101NO12Si2. The maximum absolute atomic E-state index is 15.1. The van der Waals surface area contributed by atoms with Gasteiger partial charge in [0, 0.05) is 44.9 Å². The molecule has 1 aliphatic carbocycles. The fourth-order valence-electron chi connectivity index (χ4n) is 12.6. The highest BCUT2D eigenvalue weighted by Gasteiger charge is 2.57. The molecule has 72 heavy (non-hydrogen) atoms. The van der Waals surface area contributed by atoms with Crippen LogP contribution in [0.5, 0.6) is 0 Å². The second kappa shape index (κ2) is 25.8. The summed E-state index contributed by atoms with van der Waals surface area (Å²) in [5.41, 5.74) is 2.43. The molecule has 2 bridgehead atoms. The molecule has 14 unspecified atom stereocenters. The van der Waals surface area contributed by atoms with Gasteiger partial charge >= 0.3 is 5.97 Å². The van der Waals surface area contributed by atoms with E-state index in [-0.39, 0.29) is 77.1 Å². The number of methoxy groups -OCH3 is 2. The van der Waals surface area contributed by atoms with Crippen molar-refractivity contribution in [3.8, 4) is 0 Å². The predicted molar refractivity (Wildman–Crippen MR) is 289 cm³/mol. The highest BCUT2D eigenvalue weighted by molar-refractivity contribution is 6.77. The number of hydrogen-bond donors (Lipinski definition) is 2. The fourth-order valence-corrected chi connectivity index (χ4v) is 19.7. The van der Waals surface area contributed by atoms with Crippen LogP contribution in [0.1, 0.15) is 174 Å². The summed E-state index contributed by atoms with van der Waals surface area (Å²) in [5, 5.41) is 24.0. The average molecular weight is 1050 g/mol. The third kappa shape index (κ3) is 14.3. The van der Waals surface area contributed by atoms with Crippen LogP contribution in [-0.2, 0) is 47.0 Å². The van der Waals surface area contributed by atoms with Crippen molar-refractivity contribution in [3.63, 3.8) is 0 Å². The number of ketones is 2. The van der Waals surface area contributed by atoms with Crippen molar-refractivity contribution < 1.29 is 57.2 Å². The summed E-state index contributed by atoms with van der Waals surface area (Å²) >= 11 is 0. The molecule has 2 N–H and O–H groups in total. The monoisotopic (exact) mass is 1050 g/mol. The molecule has 1 amide bonds. The first kappa shape index (κ1) is 62.5. The standard InChI is InChI=1S/C57H101NO12Si2/c1-20-43-28-37(8)27-38(9)29-49(65-16)52-50(66-17)31-40(11)57(64,68-52)53(61)54(62)58-26-22-21-23-44(58)55(63)67-51(41(12)48(33-45(43)59)70-72(34(2)3,35(4)5)36(6)7)39(10)30-42-24-25-47(46(60)32-42)69-71(18,19)56(13,14)15/h28,30,34-36,38,40-44,46-52,60,64H,20-27,29,31-33H2,1-19H3. The molecule has 13 nitrogen and oxygen atoms in total. The molecule has 0 spiro atoms. The van der Waals surface area contributed by atoms with Crippen LogP contribution < -0.4 is 0 Å². The summed E-state index contributed by atoms with van der Waals surface area (Å²) in [6, 6.07) is -1.12. The Bertz CT molecular complexity index is 1870. The number of carbonyl (C=O) groups excluding carboxylic acids is 4. The molecule has 2 saturated heterocycles. The molecule has 0 aromatic rings. The summed E-state index contributed by atoms with van der Waals surface area (Å²) in [6.45, 7) is 36.3. The van der Waals surface area contributed by atoms with Crippen molar-refractivity contribution in [2.75, 3.05) is 20.8 Å². The van der Waals surface area contributed by atoms with Crippen molar-refractivity contribution in [1.29, 1.82) is 0 Å². The third-order valence-electron chi connectivity index (χ3n) is 17.9. The van der Waals surface area contributed by atoms with Crippen molar-refractivity contribution in [3.05, 3.63) is 23.3 Å². The highest BCUT2D eigenvalue weighted by atomic mass is 28.4. The molecule has 1 saturated carbocycles. The Morgan fingerprint density at radius 2 is 1.46 bits per heavy atom. The summed E-state index contributed by atoms with van der Waals surface area (Å²) in [7, 11) is -1.70. The lowest BCUT2D eigenvalue weighted by molar-refractivity contribution is -0.302. The number of rotatable bonds is 12. The number of Topliss-reactive ketones (excluding diaryl/α,β-unsaturated/α-hetero) is 2. The van der Waals surface area contributed by atoms with E-state index in [2.05, 4.69) is 101 Å². The molecule has 0 aromatic carbocycles. The molecule has 3 heterocycles. The Balaban J connectivity index is 1.91. The number of aliphatic hydroxyl groups is 2. The zero-order valence-electron chi connectivity index (χ0n) is 48.3. The lowest BCUT2D eigenvalue weighted by Gasteiger charge is -2.47. The van der Waals surface area contributed by atoms with Gasteiger partial charge in [0.15, 0.2) is 8.32 Å². The molecule has 414 valence electrons. The quantitative estimate of drug-likeness (QED) is 0.0823. The number of cyclic esters (lactones) is 1. The molecule has 4 rings (SSSR count). The first-order valence-electron chi connectivity index (χ1n) is 27.8. The van der Waals surface area contributed by atoms with Crippen LogP contribution in [0.15, 0.2) is 23.3 Å². The summed E-state index contributed by atoms with van der Waals surface area (Å²) in [5.74, 6) is -6.99. The van der Waals surface area contributed by atoms with Gasteiger partial charge in [-0.05, 0) is 130 Å². The lowest BCUT2D eigenvalue weighted by Crippen LogP contribution is -2.64. The minimum Gasteiger partial charge on any atom is -0.456 e. The highest BCUT2D eigenvalue weighted by Crippen LogP contribution is 2.46. The molecule has 3 fully saturated rings. The third-order valence-corrected chi connectivity index (χ3v) is 28.5. The molecular weight excluding hydrogens is 947 g/mol. The number of hydrogen-bond acceptors (Lipinski definition) is 12. The van der Waals surface area contributed by atoms with Crippen LogP contribution in [-0.4, -0.2) is 131 Å². The molecule has 4 aliphatic rings. The van der Waals surface area contributed by atoms with E-state index in [9.17, 15) is 19.8 Å². The van der Waals surface area contributed by atoms with E-state index in [0.29, 0.717) is 44.9 Å². The van der Waals surface area contributed by atoms with E-state index < -0.39 is 94.6 Å². The minimum atomic E-state index is -2.67. The SMILES string of the molecule is CCC1C=C(C)CC(C)CC(OC)C2OC(O)(C(=O)C(=O)N3CCCCC3C(=O)OC(C(C)=CC3CCC(O[Si](C)(C)C(C)(C)C)C(O)C3)C(C)C(O[Si](C(C)C)(C(C)C)C(C)C)CC1=O)C(C)CC2OC. The number of nitrogens with zero attached hydrogens (tertiary/aromatic N) is 1. The minimum absolute atomic E-state index is 0.00921. The maximum atomic E-state index is 15.1. The zero-order valence-corrected chi connectivity index (χ0v) is 50.3. The van der Waals surface area contributed by atoms with Crippen LogP contribution in [0.2, 0.25) is 34.8 Å². The average Bonchev–Trinajstić information content (AvgIpc) is 3.30. The molecule has 3 aliphatic heterocycles. The molecule has 0 radical (unpaired) electrons. The lowest BCUT2D eigenvalue weighted by atomic mass is 9.81. The van der Waals surface area contributed by atoms with Gasteiger partial charge in [-0.2, -0.15) is 0 Å². The Kier molecular flexibility index (Phi) is 22.4. The van der Waals surface area contributed by atoms with Gasteiger partial charge in [0.2, 0.25) is 14.1 Å². The smallest absolute Gasteiger partial charge is 0.329 e. The number of esters is 1. The van der Waals surface area contributed by atoms with Crippen molar-refractivity contribution in [2.45, 2.75) is 264 Å². The van der Waals surface area contributed by atoms with E-state index >= 15 is 9.59 Å². The number of piperidine rings is 1. The van der Waals surface area contributed by atoms with Crippen LogP contribution in [0.3, 0.4) is 0 Å². The molecule has 15 heteroatoms. The van der Waals surface area contributed by atoms with Gasteiger partial charge in [-0.1, -0.05) is 108 Å². The number of allylic oxidation sites excluding steroid dienone is 3. The van der Waals surface area contributed by atoms with E-state index in [0.717, 1.165) is 17.6 Å². The second-order valence-corrected chi connectivity index (χ2v) is 35.4. The number of carbonyl (C=O) groups is 4. The Hall–Kier alpha value is -2.09. The first-order valence-corrected chi connectivity index (χ1v) is 32.9. The normalized spacial score (nSPS) is 35.3. The van der Waals surface area contributed by atoms with Gasteiger partial charge in [-0.15, -0.1) is 0 Å². The zero-order chi connectivity index (χ0) is 54.4. The molecule has 0 aromatic heterocycles. The number of aliphatic hydroxyl groups excluding tert-OH is 1. The van der Waals surface area contributed by atoms with Crippen molar-refractivity contribution in [2.24, 2.45) is 29.6 Å². The van der Waals surface area contributed by atoms with Gasteiger partial charge in [0.25, 0.3) is 11.7 Å². The van der Waals surface area contributed by atoms with Crippen LogP contribution >= 0.6 is 0 Å². The number of amides is 1. The van der Waals surface area contributed by atoms with Gasteiger partial charge in [-0.3, -0.25) is 14.4 Å². The molecule has 14 atom stereocenters. The Morgan fingerprint density at radius 1 is 0.861 bits per heavy atom. The van der Waals surface area contributed by atoms with Crippen molar-refractivity contribution in [1.82, 2.24) is 4.90 Å². The maximum Gasteiger partial charge on any atom is 0.329 e. The largest absolute Gasteiger partial charge is 0.456 e. The number of fused-ring (bicyclic) bond motifs is 3. The topological polar surface area (TPSA) is 167 Å². The first-order chi connectivity index (χ1) is 33.4. The van der Waals surface area contributed by atoms with Crippen LogP contribution in [0.25, 0.3) is 0 Å². The Morgan fingerprint density at radius 3 is 2.00 bits per heavy atom. The van der Waals surface area contributed by atoms with Gasteiger partial charge in [0.05, 0.1) is 30.5 Å². The predicted octanol–water partition coefficient (Wildman–Crippen LogP) is 11.0. The second-order valence-electron chi connectivity index (χ2n) is 25.2. The summed E-state index contributed by atoms with van der Waals surface area (Å²) < 4.78 is 39.5. The fraction of sp³-hybridized carbons (Fsp3) is 0.860. The van der Waals surface area contributed by atoms with E-state index in [1.165, 1.54) is 4.90 Å². The van der Waals surface area contributed by atoms with Crippen LogP contribution in [0, 0.1) is 29.6 Å². The van der Waals surface area contributed by atoms with Crippen molar-refractivity contribution >= 4 is 40.1 Å². The van der Waals surface area contributed by atoms with Gasteiger partial charge < -0.3 is 42.9 Å². The van der Waals surface area contributed by atoms with Crippen LogP contribution in [0.4, 0.5) is 0 Å². The summed E-state index contributed by atoms with van der Waals surface area (Å²) in [6.07, 6.45) is 5.12. The van der Waals surface area contributed by atoms with E-state index in [1.807, 2.05) is 20.8 Å². The van der Waals surface area contributed by atoms with Gasteiger partial charge in [0.1, 0.15) is 24.0 Å².